The minimum Gasteiger partial charge on any atom is -0.399 e. The van der Waals surface area contributed by atoms with Gasteiger partial charge in [0.1, 0.15) is 5.69 Å². The van der Waals surface area contributed by atoms with Crippen LogP contribution in [0.25, 0.3) is 0 Å². The van der Waals surface area contributed by atoms with Gasteiger partial charge in [-0.15, -0.1) is 11.3 Å². The molecule has 0 saturated carbocycles. The molecule has 0 radical (unpaired) electrons. The Hall–Kier alpha value is -1.59. The number of nitrogens with zero attached hydrogens (tertiary/aromatic N) is 2. The lowest BCUT2D eigenvalue weighted by Crippen LogP contribution is -2.26. The number of nitrogens with two attached hydrogens (primary N) is 1. The summed E-state index contributed by atoms with van der Waals surface area (Å²) in [7, 11) is 1.71. The molecule has 0 bridgehead atoms. The van der Waals surface area contributed by atoms with E-state index in [4.69, 9.17) is 17.3 Å². The number of rotatable bonds is 3. The van der Waals surface area contributed by atoms with Crippen molar-refractivity contribution in [1.82, 2.24) is 9.88 Å². The Balaban J connectivity index is 2.14. The number of carbonyl (C=O) groups excluding carboxylic acids is 1. The highest BCUT2D eigenvalue weighted by Gasteiger charge is 2.15. The summed E-state index contributed by atoms with van der Waals surface area (Å²) in [5.74, 6) is -0.130. The molecular formula is C12H12ClN3OS. The first-order valence-electron chi connectivity index (χ1n) is 5.25. The second kappa shape index (κ2) is 5.37. The molecule has 4 nitrogen and oxygen atoms in total. The quantitative estimate of drug-likeness (QED) is 0.880. The molecule has 0 atom stereocenters. The molecule has 1 aromatic carbocycles. The zero-order valence-electron chi connectivity index (χ0n) is 9.76. The highest BCUT2D eigenvalue weighted by Crippen LogP contribution is 2.20. The molecular weight excluding hydrogens is 270 g/mol. The van der Waals surface area contributed by atoms with Gasteiger partial charge in [-0.2, -0.15) is 0 Å². The van der Waals surface area contributed by atoms with Crippen molar-refractivity contribution >= 4 is 34.5 Å². The third-order valence-electron chi connectivity index (χ3n) is 2.48. The van der Waals surface area contributed by atoms with Crippen LogP contribution in [0.15, 0.2) is 29.1 Å². The van der Waals surface area contributed by atoms with E-state index in [1.807, 2.05) is 0 Å². The van der Waals surface area contributed by atoms with E-state index in [0.29, 0.717) is 22.9 Å². The first kappa shape index (κ1) is 12.9. The van der Waals surface area contributed by atoms with E-state index in [-0.39, 0.29) is 5.91 Å². The molecule has 1 heterocycles. The second-order valence-electron chi connectivity index (χ2n) is 3.89. The molecule has 1 aromatic heterocycles. The fourth-order valence-corrected chi connectivity index (χ4v) is 2.26. The van der Waals surface area contributed by atoms with Gasteiger partial charge in [0.05, 0.1) is 5.51 Å². The molecule has 1 amide bonds. The summed E-state index contributed by atoms with van der Waals surface area (Å²) in [4.78, 5) is 17.6. The van der Waals surface area contributed by atoms with Crippen molar-refractivity contribution in [3.63, 3.8) is 0 Å². The highest BCUT2D eigenvalue weighted by atomic mass is 35.5. The largest absolute Gasteiger partial charge is 0.399 e. The molecule has 0 aliphatic heterocycles. The fraction of sp³-hybridized carbons (Fsp3) is 0.167. The summed E-state index contributed by atoms with van der Waals surface area (Å²) in [6.45, 7) is 0.403. The number of thiazole rings is 1. The van der Waals surface area contributed by atoms with Crippen LogP contribution in [0.2, 0.25) is 5.02 Å². The van der Waals surface area contributed by atoms with Crippen LogP contribution >= 0.6 is 22.9 Å². The molecule has 0 saturated heterocycles. The molecule has 0 spiro atoms. The molecule has 0 fully saturated rings. The molecule has 6 heteroatoms. The summed E-state index contributed by atoms with van der Waals surface area (Å²) in [5, 5.41) is 2.32. The van der Waals surface area contributed by atoms with Crippen molar-refractivity contribution in [3.8, 4) is 0 Å². The van der Waals surface area contributed by atoms with Crippen LogP contribution in [0.3, 0.4) is 0 Å². The third kappa shape index (κ3) is 2.80. The van der Waals surface area contributed by atoms with Gasteiger partial charge in [-0.25, -0.2) is 4.98 Å². The second-order valence-corrected chi connectivity index (χ2v) is 5.01. The van der Waals surface area contributed by atoms with Crippen molar-refractivity contribution in [2.75, 3.05) is 12.8 Å². The lowest BCUT2D eigenvalue weighted by Gasteiger charge is -2.17. The average molecular weight is 282 g/mol. The lowest BCUT2D eigenvalue weighted by molar-refractivity contribution is 0.0780. The maximum atomic E-state index is 12.0. The van der Waals surface area contributed by atoms with E-state index in [9.17, 15) is 4.79 Å². The normalized spacial score (nSPS) is 10.3. The number of amides is 1. The number of hydrogen-bond acceptors (Lipinski definition) is 4. The van der Waals surface area contributed by atoms with E-state index < -0.39 is 0 Å². The minimum absolute atomic E-state index is 0.130. The molecule has 0 aliphatic carbocycles. The first-order chi connectivity index (χ1) is 8.58. The molecule has 94 valence electrons. The summed E-state index contributed by atoms with van der Waals surface area (Å²) in [5.41, 5.74) is 9.23. The number of benzene rings is 1. The Morgan fingerprint density at radius 2 is 2.33 bits per heavy atom. The maximum absolute atomic E-state index is 12.0. The van der Waals surface area contributed by atoms with Crippen molar-refractivity contribution in [3.05, 3.63) is 45.4 Å². The van der Waals surface area contributed by atoms with Crippen molar-refractivity contribution < 1.29 is 4.79 Å². The predicted molar refractivity (Wildman–Crippen MR) is 73.8 cm³/mol. The Labute approximate surface area is 114 Å². The van der Waals surface area contributed by atoms with Gasteiger partial charge in [0, 0.05) is 29.7 Å². The number of carbonyl (C=O) groups is 1. The Kier molecular flexibility index (Phi) is 3.84. The number of anilines is 1. The van der Waals surface area contributed by atoms with E-state index in [1.165, 1.54) is 11.3 Å². The highest BCUT2D eigenvalue weighted by molar-refractivity contribution is 7.07. The molecule has 2 N–H and O–H groups in total. The molecule has 0 aliphatic rings. The summed E-state index contributed by atoms with van der Waals surface area (Å²) >= 11 is 7.46. The van der Waals surface area contributed by atoms with Crippen LogP contribution in [0.1, 0.15) is 16.1 Å². The van der Waals surface area contributed by atoms with Gasteiger partial charge in [-0.1, -0.05) is 11.6 Å². The SMILES string of the molecule is CN(Cc1cc(N)ccc1Cl)C(=O)c1cscn1. The van der Waals surface area contributed by atoms with Crippen LogP contribution in [-0.4, -0.2) is 22.8 Å². The Morgan fingerprint density at radius 3 is 3.00 bits per heavy atom. The zero-order valence-corrected chi connectivity index (χ0v) is 11.3. The molecule has 2 rings (SSSR count). The van der Waals surface area contributed by atoms with Crippen molar-refractivity contribution in [2.24, 2.45) is 0 Å². The van der Waals surface area contributed by atoms with Crippen LogP contribution in [0.5, 0.6) is 0 Å². The van der Waals surface area contributed by atoms with E-state index in [0.717, 1.165) is 5.56 Å². The smallest absolute Gasteiger partial charge is 0.273 e. The van der Waals surface area contributed by atoms with Crippen LogP contribution < -0.4 is 5.73 Å². The fourth-order valence-electron chi connectivity index (χ4n) is 1.56. The minimum atomic E-state index is -0.130. The van der Waals surface area contributed by atoms with Gasteiger partial charge in [0.2, 0.25) is 0 Å². The Bertz CT molecular complexity index is 556. The summed E-state index contributed by atoms with van der Waals surface area (Å²) in [6, 6.07) is 5.23. The van der Waals surface area contributed by atoms with Crippen LogP contribution in [0, 0.1) is 0 Å². The van der Waals surface area contributed by atoms with Gasteiger partial charge in [0.15, 0.2) is 0 Å². The third-order valence-corrected chi connectivity index (χ3v) is 3.43. The summed E-state index contributed by atoms with van der Waals surface area (Å²) < 4.78 is 0. The van der Waals surface area contributed by atoms with Gasteiger partial charge in [-0.05, 0) is 23.8 Å². The number of nitrogen functional groups attached to an aromatic ring is 1. The molecule has 0 unspecified atom stereocenters. The predicted octanol–water partition coefficient (Wildman–Crippen LogP) is 2.65. The molecule has 2 aromatic rings. The van der Waals surface area contributed by atoms with E-state index >= 15 is 0 Å². The number of halogens is 1. The van der Waals surface area contributed by atoms with Crippen molar-refractivity contribution in [2.45, 2.75) is 6.54 Å². The van der Waals surface area contributed by atoms with Crippen LogP contribution in [0.4, 0.5) is 5.69 Å². The van der Waals surface area contributed by atoms with E-state index in [1.54, 1.807) is 41.0 Å². The Morgan fingerprint density at radius 1 is 1.56 bits per heavy atom. The standard InChI is InChI=1S/C12H12ClN3OS/c1-16(12(17)11-6-18-7-15-11)5-8-4-9(14)2-3-10(8)13/h2-4,6-7H,5,14H2,1H3. The van der Waals surface area contributed by atoms with Gasteiger partial charge >= 0.3 is 0 Å². The summed E-state index contributed by atoms with van der Waals surface area (Å²) in [6.07, 6.45) is 0. The number of hydrogen-bond donors (Lipinski definition) is 1. The zero-order chi connectivity index (χ0) is 13.1. The topological polar surface area (TPSA) is 59.2 Å². The van der Waals surface area contributed by atoms with Gasteiger partial charge in [-0.3, -0.25) is 4.79 Å². The van der Waals surface area contributed by atoms with Gasteiger partial charge < -0.3 is 10.6 Å². The first-order valence-corrected chi connectivity index (χ1v) is 6.57. The maximum Gasteiger partial charge on any atom is 0.273 e. The lowest BCUT2D eigenvalue weighted by atomic mass is 10.2. The van der Waals surface area contributed by atoms with Crippen LogP contribution in [-0.2, 0) is 6.54 Å². The van der Waals surface area contributed by atoms with E-state index in [2.05, 4.69) is 4.98 Å². The monoisotopic (exact) mass is 281 g/mol. The average Bonchev–Trinajstić information content (AvgIpc) is 2.86. The van der Waals surface area contributed by atoms with Crippen molar-refractivity contribution in [1.29, 1.82) is 0 Å². The molecule has 18 heavy (non-hydrogen) atoms. The number of aromatic nitrogens is 1. The van der Waals surface area contributed by atoms with Gasteiger partial charge in [0.25, 0.3) is 5.91 Å².